The van der Waals surface area contributed by atoms with Crippen LogP contribution in [0.25, 0.3) is 0 Å². The number of carbonyl (C=O) groups excluding carboxylic acids is 1. The first-order valence-corrected chi connectivity index (χ1v) is 9.19. The first kappa shape index (κ1) is 15.6. The molecule has 1 unspecified atom stereocenters. The molecule has 2 aromatic heterocycles. The van der Waals surface area contributed by atoms with E-state index in [2.05, 4.69) is 17.2 Å². The number of carbonyl (C=O) groups is 1. The number of amides is 1. The number of aromatic nitrogens is 1. The molecule has 1 N–H and O–H groups in total. The lowest BCUT2D eigenvalue weighted by Crippen LogP contribution is -2.24. The van der Waals surface area contributed by atoms with Crippen LogP contribution in [0.15, 0.2) is 12.1 Å². The Morgan fingerprint density at radius 1 is 1.41 bits per heavy atom. The van der Waals surface area contributed by atoms with Crippen molar-refractivity contribution in [2.24, 2.45) is 0 Å². The van der Waals surface area contributed by atoms with E-state index in [9.17, 15) is 4.79 Å². The number of rotatable bonds is 5. The number of nitrogens with one attached hydrogen (secondary N) is 1. The summed E-state index contributed by atoms with van der Waals surface area (Å²) in [7, 11) is 0. The monoisotopic (exact) mass is 336 g/mol. The zero-order valence-electron chi connectivity index (χ0n) is 12.8. The van der Waals surface area contributed by atoms with Gasteiger partial charge in [0.25, 0.3) is 5.91 Å². The minimum Gasteiger partial charge on any atom is -0.373 e. The summed E-state index contributed by atoms with van der Waals surface area (Å²) in [5, 5.41) is 4.06. The second kappa shape index (κ2) is 6.89. The Morgan fingerprint density at radius 2 is 2.27 bits per heavy atom. The summed E-state index contributed by atoms with van der Waals surface area (Å²) in [5.74, 6) is -0.000697. The van der Waals surface area contributed by atoms with Crippen molar-refractivity contribution in [2.45, 2.75) is 39.2 Å². The smallest absolute Gasteiger partial charge is 0.261 e. The molecule has 0 aliphatic carbocycles. The number of thiophene rings is 1. The number of thiazole rings is 1. The third kappa shape index (κ3) is 3.56. The fourth-order valence-corrected chi connectivity index (χ4v) is 4.41. The van der Waals surface area contributed by atoms with E-state index in [4.69, 9.17) is 4.74 Å². The Labute approximate surface area is 138 Å². The average molecular weight is 336 g/mol. The van der Waals surface area contributed by atoms with Crippen LogP contribution < -0.4 is 5.32 Å². The molecule has 0 spiro atoms. The lowest BCUT2D eigenvalue weighted by molar-refractivity contribution is 0.0958. The highest BCUT2D eigenvalue weighted by atomic mass is 32.1. The molecule has 4 nitrogen and oxygen atoms in total. The quantitative estimate of drug-likeness (QED) is 0.907. The fraction of sp³-hybridized carbons (Fsp3) is 0.500. The fourth-order valence-electron chi connectivity index (χ4n) is 2.47. The topological polar surface area (TPSA) is 51.2 Å². The lowest BCUT2D eigenvalue weighted by atomic mass is 10.2. The second-order valence-electron chi connectivity index (χ2n) is 5.46. The van der Waals surface area contributed by atoms with Gasteiger partial charge in [0.05, 0.1) is 21.7 Å². The van der Waals surface area contributed by atoms with Gasteiger partial charge in [-0.05, 0) is 38.8 Å². The van der Waals surface area contributed by atoms with Gasteiger partial charge >= 0.3 is 0 Å². The molecule has 0 bridgehead atoms. The molecule has 1 aliphatic heterocycles. The molecule has 0 saturated carbocycles. The van der Waals surface area contributed by atoms with Crippen molar-refractivity contribution >= 4 is 28.6 Å². The van der Waals surface area contributed by atoms with Gasteiger partial charge in [-0.1, -0.05) is 0 Å². The van der Waals surface area contributed by atoms with Crippen molar-refractivity contribution in [1.82, 2.24) is 10.3 Å². The average Bonchev–Trinajstić information content (AvgIpc) is 3.21. The summed E-state index contributed by atoms with van der Waals surface area (Å²) in [4.78, 5) is 19.8. The van der Waals surface area contributed by atoms with Gasteiger partial charge in [0.1, 0.15) is 0 Å². The van der Waals surface area contributed by atoms with Gasteiger partial charge in [0.2, 0.25) is 0 Å². The van der Waals surface area contributed by atoms with E-state index < -0.39 is 0 Å². The van der Waals surface area contributed by atoms with Crippen LogP contribution in [0.2, 0.25) is 0 Å². The lowest BCUT2D eigenvalue weighted by Gasteiger charge is -2.05. The van der Waals surface area contributed by atoms with Gasteiger partial charge in [-0.3, -0.25) is 4.79 Å². The Bertz CT molecular complexity index is 637. The molecule has 1 aliphatic rings. The third-order valence-corrected chi connectivity index (χ3v) is 6.10. The first-order valence-electron chi connectivity index (χ1n) is 7.56. The molecular weight excluding hydrogens is 316 g/mol. The highest BCUT2D eigenvalue weighted by Crippen LogP contribution is 2.33. The highest BCUT2D eigenvalue weighted by Gasteiger charge is 2.20. The highest BCUT2D eigenvalue weighted by molar-refractivity contribution is 7.14. The van der Waals surface area contributed by atoms with Crippen LogP contribution in [-0.2, 0) is 11.2 Å². The van der Waals surface area contributed by atoms with Crippen LogP contribution in [0.3, 0.4) is 0 Å². The van der Waals surface area contributed by atoms with E-state index in [1.165, 1.54) is 4.88 Å². The zero-order valence-corrected chi connectivity index (χ0v) is 14.5. The Hall–Kier alpha value is -1.24. The van der Waals surface area contributed by atoms with Gasteiger partial charge in [-0.15, -0.1) is 22.7 Å². The van der Waals surface area contributed by atoms with Crippen molar-refractivity contribution < 1.29 is 9.53 Å². The van der Waals surface area contributed by atoms with Crippen LogP contribution in [0, 0.1) is 13.8 Å². The molecule has 0 aromatic carbocycles. The predicted octanol–water partition coefficient (Wildman–Crippen LogP) is 3.65. The number of aryl methyl sites for hydroxylation is 2. The van der Waals surface area contributed by atoms with Crippen molar-refractivity contribution in [3.63, 3.8) is 0 Å². The summed E-state index contributed by atoms with van der Waals surface area (Å²) in [5.41, 5.74) is 1.09. The molecule has 22 heavy (non-hydrogen) atoms. The van der Waals surface area contributed by atoms with Crippen LogP contribution in [-0.4, -0.2) is 24.0 Å². The molecule has 1 saturated heterocycles. The SMILES string of the molecule is Cc1nc(CCNC(=O)c2ccc(C3CCCO3)s2)sc1C. The van der Waals surface area contributed by atoms with Gasteiger partial charge in [0.15, 0.2) is 0 Å². The molecule has 0 radical (unpaired) electrons. The minimum absolute atomic E-state index is 0.000697. The van der Waals surface area contributed by atoms with Crippen LogP contribution in [0.5, 0.6) is 0 Å². The number of hydrogen-bond acceptors (Lipinski definition) is 5. The summed E-state index contributed by atoms with van der Waals surface area (Å²) >= 11 is 3.25. The molecule has 3 heterocycles. The van der Waals surface area contributed by atoms with Crippen molar-refractivity contribution in [3.05, 3.63) is 37.5 Å². The summed E-state index contributed by atoms with van der Waals surface area (Å²) in [6.45, 7) is 5.55. The zero-order chi connectivity index (χ0) is 15.5. The summed E-state index contributed by atoms with van der Waals surface area (Å²) < 4.78 is 5.66. The summed E-state index contributed by atoms with van der Waals surface area (Å²) in [6.07, 6.45) is 3.14. The van der Waals surface area contributed by atoms with Crippen molar-refractivity contribution in [2.75, 3.05) is 13.2 Å². The minimum atomic E-state index is -0.000697. The maximum Gasteiger partial charge on any atom is 0.261 e. The number of ether oxygens (including phenoxy) is 1. The maximum atomic E-state index is 12.2. The van der Waals surface area contributed by atoms with Gasteiger partial charge < -0.3 is 10.1 Å². The third-order valence-electron chi connectivity index (χ3n) is 3.79. The van der Waals surface area contributed by atoms with E-state index in [0.29, 0.717) is 6.54 Å². The van der Waals surface area contributed by atoms with Crippen LogP contribution in [0.1, 0.15) is 49.1 Å². The largest absolute Gasteiger partial charge is 0.373 e. The van der Waals surface area contributed by atoms with Crippen molar-refractivity contribution in [1.29, 1.82) is 0 Å². The van der Waals surface area contributed by atoms with E-state index in [-0.39, 0.29) is 12.0 Å². The first-order chi connectivity index (χ1) is 10.6. The standard InChI is InChI=1S/C16H20N2O2S2/c1-10-11(2)21-15(18-10)7-8-17-16(19)14-6-5-13(22-14)12-4-3-9-20-12/h5-6,12H,3-4,7-9H2,1-2H3,(H,17,19). The molecule has 1 fully saturated rings. The summed E-state index contributed by atoms with van der Waals surface area (Å²) in [6, 6.07) is 3.91. The molecule has 2 aromatic rings. The molecule has 1 atom stereocenters. The Balaban J connectivity index is 1.51. The van der Waals surface area contributed by atoms with Gasteiger partial charge in [0, 0.05) is 29.3 Å². The Morgan fingerprint density at radius 3 is 2.95 bits per heavy atom. The van der Waals surface area contributed by atoms with Crippen molar-refractivity contribution in [3.8, 4) is 0 Å². The normalized spacial score (nSPS) is 17.8. The van der Waals surface area contributed by atoms with E-state index in [1.54, 1.807) is 22.7 Å². The molecule has 3 rings (SSSR count). The number of nitrogens with zero attached hydrogens (tertiary/aromatic N) is 1. The maximum absolute atomic E-state index is 12.2. The van der Waals surface area contributed by atoms with E-state index in [1.807, 2.05) is 19.1 Å². The molecular formula is C16H20N2O2S2. The van der Waals surface area contributed by atoms with Gasteiger partial charge in [-0.25, -0.2) is 4.98 Å². The molecule has 6 heteroatoms. The van der Waals surface area contributed by atoms with Crippen LogP contribution in [0.4, 0.5) is 0 Å². The van der Waals surface area contributed by atoms with E-state index >= 15 is 0 Å². The van der Waals surface area contributed by atoms with Gasteiger partial charge in [-0.2, -0.15) is 0 Å². The molecule has 1 amide bonds. The number of hydrogen-bond donors (Lipinski definition) is 1. The Kier molecular flexibility index (Phi) is 4.90. The van der Waals surface area contributed by atoms with E-state index in [0.717, 1.165) is 46.3 Å². The molecule has 118 valence electrons. The predicted molar refractivity (Wildman–Crippen MR) is 89.9 cm³/mol. The second-order valence-corrected chi connectivity index (χ2v) is 7.86. The van der Waals surface area contributed by atoms with Crippen LogP contribution >= 0.6 is 22.7 Å².